The van der Waals surface area contributed by atoms with Crippen molar-refractivity contribution in [3.8, 4) is 0 Å². The third-order valence-electron chi connectivity index (χ3n) is 3.48. The molecule has 114 valence electrons. The molecule has 1 N–H and O–H groups in total. The van der Waals surface area contributed by atoms with Crippen molar-refractivity contribution in [2.24, 2.45) is 0 Å². The fourth-order valence-electron chi connectivity index (χ4n) is 2.45. The minimum absolute atomic E-state index is 0.317. The van der Waals surface area contributed by atoms with E-state index < -0.39 is 0 Å². The number of oxazole rings is 1. The van der Waals surface area contributed by atoms with Crippen LogP contribution in [0.15, 0.2) is 10.7 Å². The van der Waals surface area contributed by atoms with Gasteiger partial charge in [-0.3, -0.25) is 0 Å². The van der Waals surface area contributed by atoms with Gasteiger partial charge in [-0.15, -0.1) is 0 Å². The molecule has 0 aromatic carbocycles. The van der Waals surface area contributed by atoms with E-state index in [2.05, 4.69) is 29.0 Å². The van der Waals surface area contributed by atoms with Gasteiger partial charge >= 0.3 is 0 Å². The predicted octanol–water partition coefficient (Wildman–Crippen LogP) is 2.57. The zero-order chi connectivity index (χ0) is 14.2. The van der Waals surface area contributed by atoms with Gasteiger partial charge in [-0.1, -0.05) is 13.8 Å². The molecule has 0 bridgehead atoms. The van der Waals surface area contributed by atoms with E-state index in [0.29, 0.717) is 6.10 Å². The fourth-order valence-corrected chi connectivity index (χ4v) is 2.45. The first-order chi connectivity index (χ1) is 9.83. The maximum Gasteiger partial charge on any atom is 0.297 e. The number of hydrogen-bond acceptors (Lipinski definition) is 5. The predicted molar refractivity (Wildman–Crippen MR) is 80.0 cm³/mol. The van der Waals surface area contributed by atoms with Gasteiger partial charge < -0.3 is 19.4 Å². The van der Waals surface area contributed by atoms with Crippen molar-refractivity contribution in [1.29, 1.82) is 0 Å². The van der Waals surface area contributed by atoms with E-state index in [1.54, 1.807) is 6.26 Å². The topological polar surface area (TPSA) is 50.5 Å². The molecule has 0 amide bonds. The average Bonchev–Trinajstić information content (AvgIpc) is 2.95. The summed E-state index contributed by atoms with van der Waals surface area (Å²) in [7, 11) is 0. The summed E-state index contributed by atoms with van der Waals surface area (Å²) >= 11 is 0. The van der Waals surface area contributed by atoms with Crippen LogP contribution in [0.5, 0.6) is 0 Å². The molecule has 1 aromatic rings. The maximum absolute atomic E-state index is 5.85. The summed E-state index contributed by atoms with van der Waals surface area (Å²) in [6, 6.07) is 0.739. The van der Waals surface area contributed by atoms with Gasteiger partial charge in [0.25, 0.3) is 6.01 Å². The lowest BCUT2D eigenvalue weighted by Crippen LogP contribution is -2.40. The minimum atomic E-state index is 0.317. The molecule has 1 atom stereocenters. The van der Waals surface area contributed by atoms with Gasteiger partial charge in [0.15, 0.2) is 0 Å². The quantitative estimate of drug-likeness (QED) is 0.742. The first-order valence-electron chi connectivity index (χ1n) is 7.85. The first kappa shape index (κ1) is 15.3. The second kappa shape index (κ2) is 8.27. The van der Waals surface area contributed by atoms with Crippen molar-refractivity contribution in [1.82, 2.24) is 10.3 Å². The molecular formula is C15H27N3O2. The van der Waals surface area contributed by atoms with E-state index in [1.807, 2.05) is 0 Å². The van der Waals surface area contributed by atoms with Crippen LogP contribution in [0.4, 0.5) is 6.01 Å². The number of hydrogen-bond donors (Lipinski definition) is 1. The molecule has 20 heavy (non-hydrogen) atoms. The third-order valence-corrected chi connectivity index (χ3v) is 3.48. The van der Waals surface area contributed by atoms with Gasteiger partial charge in [0.05, 0.1) is 11.8 Å². The minimum Gasteiger partial charge on any atom is -0.432 e. The molecule has 1 aliphatic heterocycles. The van der Waals surface area contributed by atoms with Gasteiger partial charge in [0, 0.05) is 26.2 Å². The second-order valence-electron chi connectivity index (χ2n) is 5.38. The van der Waals surface area contributed by atoms with Crippen molar-refractivity contribution in [2.45, 2.75) is 52.2 Å². The summed E-state index contributed by atoms with van der Waals surface area (Å²) in [6.45, 7) is 8.84. The largest absolute Gasteiger partial charge is 0.432 e. The molecule has 5 nitrogen and oxygen atoms in total. The zero-order valence-corrected chi connectivity index (χ0v) is 12.7. The van der Waals surface area contributed by atoms with Gasteiger partial charge in [-0.2, -0.15) is 4.98 Å². The van der Waals surface area contributed by atoms with Gasteiger partial charge in [0.1, 0.15) is 6.26 Å². The normalized spacial score (nSPS) is 19.5. The van der Waals surface area contributed by atoms with Crippen LogP contribution in [0.2, 0.25) is 0 Å². The molecule has 0 aliphatic carbocycles. The second-order valence-corrected chi connectivity index (χ2v) is 5.38. The Kier molecular flexibility index (Phi) is 6.33. The van der Waals surface area contributed by atoms with Crippen molar-refractivity contribution in [3.05, 3.63) is 12.0 Å². The molecule has 1 saturated heterocycles. The Morgan fingerprint density at radius 2 is 2.35 bits per heavy atom. The zero-order valence-electron chi connectivity index (χ0n) is 12.7. The summed E-state index contributed by atoms with van der Waals surface area (Å²) in [6.07, 6.45) is 6.56. The Labute approximate surface area is 121 Å². The Morgan fingerprint density at radius 1 is 1.45 bits per heavy atom. The number of nitrogens with zero attached hydrogens (tertiary/aromatic N) is 2. The van der Waals surface area contributed by atoms with Crippen LogP contribution in [-0.2, 0) is 11.3 Å². The van der Waals surface area contributed by atoms with Crippen LogP contribution in [0.3, 0.4) is 0 Å². The summed E-state index contributed by atoms with van der Waals surface area (Å²) < 4.78 is 11.5. The standard InChI is InChI=1S/C15H27N3O2/c1-3-7-16-10-13-12-20-15(17-13)18-8-5-6-14(11-18)19-9-4-2/h12,14,16H,3-11H2,1-2H3. The van der Waals surface area contributed by atoms with Gasteiger partial charge in [0.2, 0.25) is 0 Å². The Hall–Kier alpha value is -1.07. The average molecular weight is 281 g/mol. The summed E-state index contributed by atoms with van der Waals surface area (Å²) in [5.74, 6) is 0. The molecule has 1 fully saturated rings. The van der Waals surface area contributed by atoms with E-state index in [1.165, 1.54) is 0 Å². The van der Waals surface area contributed by atoms with E-state index >= 15 is 0 Å². The van der Waals surface area contributed by atoms with Crippen LogP contribution in [0, 0.1) is 0 Å². The SMILES string of the molecule is CCCNCc1coc(N2CCCC(OCCC)C2)n1. The summed E-state index contributed by atoms with van der Waals surface area (Å²) in [5.41, 5.74) is 0.977. The highest BCUT2D eigenvalue weighted by Crippen LogP contribution is 2.21. The van der Waals surface area contributed by atoms with Crippen LogP contribution >= 0.6 is 0 Å². The number of aromatic nitrogens is 1. The molecule has 0 saturated carbocycles. The van der Waals surface area contributed by atoms with Crippen molar-refractivity contribution in [2.75, 3.05) is 31.1 Å². The molecule has 0 spiro atoms. The van der Waals surface area contributed by atoms with Crippen molar-refractivity contribution in [3.63, 3.8) is 0 Å². The highest BCUT2D eigenvalue weighted by molar-refractivity contribution is 5.28. The number of piperidine rings is 1. The highest BCUT2D eigenvalue weighted by Gasteiger charge is 2.23. The third kappa shape index (κ3) is 4.49. The van der Waals surface area contributed by atoms with E-state index in [9.17, 15) is 0 Å². The monoisotopic (exact) mass is 281 g/mol. The molecule has 1 unspecified atom stereocenters. The van der Waals surface area contributed by atoms with E-state index in [-0.39, 0.29) is 0 Å². The summed E-state index contributed by atoms with van der Waals surface area (Å²) in [4.78, 5) is 6.76. The van der Waals surface area contributed by atoms with Gasteiger partial charge in [-0.05, 0) is 32.2 Å². The number of rotatable bonds is 8. The van der Waals surface area contributed by atoms with Crippen molar-refractivity contribution >= 4 is 6.01 Å². The number of ether oxygens (including phenoxy) is 1. The highest BCUT2D eigenvalue weighted by atomic mass is 16.5. The Morgan fingerprint density at radius 3 is 3.15 bits per heavy atom. The van der Waals surface area contributed by atoms with Crippen LogP contribution in [0.1, 0.15) is 45.2 Å². The van der Waals surface area contributed by atoms with Crippen LogP contribution in [0.25, 0.3) is 0 Å². The number of nitrogens with one attached hydrogen (secondary N) is 1. The molecule has 2 rings (SSSR count). The molecule has 2 heterocycles. The molecule has 1 aliphatic rings. The molecule has 0 radical (unpaired) electrons. The smallest absolute Gasteiger partial charge is 0.297 e. The van der Waals surface area contributed by atoms with Gasteiger partial charge in [-0.25, -0.2) is 0 Å². The lowest BCUT2D eigenvalue weighted by atomic mass is 10.1. The van der Waals surface area contributed by atoms with Crippen LogP contribution in [-0.4, -0.2) is 37.3 Å². The molecule has 5 heteroatoms. The molecule has 1 aromatic heterocycles. The lowest BCUT2D eigenvalue weighted by Gasteiger charge is -2.31. The summed E-state index contributed by atoms with van der Waals surface area (Å²) in [5, 5.41) is 3.34. The first-order valence-corrected chi connectivity index (χ1v) is 7.85. The molecular weight excluding hydrogens is 254 g/mol. The maximum atomic E-state index is 5.85. The van der Waals surface area contributed by atoms with E-state index in [4.69, 9.17) is 9.15 Å². The number of anilines is 1. The lowest BCUT2D eigenvalue weighted by molar-refractivity contribution is 0.0431. The Balaban J connectivity index is 1.83. The van der Waals surface area contributed by atoms with E-state index in [0.717, 1.165) is 70.2 Å². The van der Waals surface area contributed by atoms with Crippen molar-refractivity contribution < 1.29 is 9.15 Å². The fraction of sp³-hybridized carbons (Fsp3) is 0.800. The van der Waals surface area contributed by atoms with Crippen LogP contribution < -0.4 is 10.2 Å². The Bertz CT molecular complexity index is 381.